The summed E-state index contributed by atoms with van der Waals surface area (Å²) in [6.45, 7) is 0. The van der Waals surface area contributed by atoms with Crippen molar-refractivity contribution in [3.05, 3.63) is 52.5 Å². The smallest absolute Gasteiger partial charge is 0.339 e. The molecule has 0 unspecified atom stereocenters. The molecule has 0 aliphatic rings. The molecule has 0 atom stereocenters. The van der Waals surface area contributed by atoms with Crippen molar-refractivity contribution < 1.29 is 17.3 Å². The molecule has 0 saturated heterocycles. The van der Waals surface area contributed by atoms with E-state index in [1.54, 1.807) is 18.2 Å². The van der Waals surface area contributed by atoms with Gasteiger partial charge in [0, 0.05) is 10.0 Å². The van der Waals surface area contributed by atoms with Gasteiger partial charge in [0.15, 0.2) is 11.5 Å². The van der Waals surface area contributed by atoms with Crippen LogP contribution < -0.4 is 8.92 Å². The predicted molar refractivity (Wildman–Crippen MR) is 77.3 cm³/mol. The molecule has 4 nitrogen and oxygen atoms in total. The lowest BCUT2D eigenvalue weighted by Gasteiger charge is -2.10. The maximum atomic E-state index is 12.2. The fourth-order valence-electron chi connectivity index (χ4n) is 1.53. The lowest BCUT2D eigenvalue weighted by atomic mass is 10.3. The third-order valence-electron chi connectivity index (χ3n) is 2.39. The Morgan fingerprint density at radius 1 is 0.950 bits per heavy atom. The van der Waals surface area contributed by atoms with Gasteiger partial charge in [0.05, 0.1) is 7.11 Å². The molecule has 106 valence electrons. The van der Waals surface area contributed by atoms with Crippen LogP contribution in [0.4, 0.5) is 0 Å². The number of benzene rings is 2. The molecule has 0 bridgehead atoms. The number of methoxy groups -OCH3 is 1. The Morgan fingerprint density at radius 2 is 1.50 bits per heavy atom. The van der Waals surface area contributed by atoms with Crippen LogP contribution in [0.1, 0.15) is 0 Å². The Bertz CT molecular complexity index is 709. The van der Waals surface area contributed by atoms with Gasteiger partial charge in [-0.2, -0.15) is 8.42 Å². The molecular formula is C13H10Cl2O4S. The highest BCUT2D eigenvalue weighted by atomic mass is 35.5. The molecule has 0 radical (unpaired) electrons. The Hall–Kier alpha value is -1.43. The van der Waals surface area contributed by atoms with Gasteiger partial charge in [0.1, 0.15) is 4.90 Å². The zero-order valence-corrected chi connectivity index (χ0v) is 12.7. The molecule has 2 rings (SSSR count). The zero-order chi connectivity index (χ0) is 14.8. The Kier molecular flexibility index (Phi) is 4.42. The molecule has 0 fully saturated rings. The van der Waals surface area contributed by atoms with E-state index in [9.17, 15) is 8.42 Å². The van der Waals surface area contributed by atoms with E-state index >= 15 is 0 Å². The maximum Gasteiger partial charge on any atom is 0.339 e. The summed E-state index contributed by atoms with van der Waals surface area (Å²) < 4.78 is 34.4. The number of rotatable bonds is 4. The van der Waals surface area contributed by atoms with E-state index in [1.165, 1.54) is 31.4 Å². The third-order valence-corrected chi connectivity index (χ3v) is 4.04. The van der Waals surface area contributed by atoms with Crippen LogP contribution in [0.25, 0.3) is 0 Å². The number of halogens is 2. The van der Waals surface area contributed by atoms with Crippen LogP contribution in [0.15, 0.2) is 47.4 Å². The van der Waals surface area contributed by atoms with E-state index in [1.807, 2.05) is 0 Å². The minimum Gasteiger partial charge on any atom is -0.493 e. The summed E-state index contributed by atoms with van der Waals surface area (Å²) in [6, 6.07) is 10.4. The molecule has 0 amide bonds. The maximum absolute atomic E-state index is 12.2. The Balaban J connectivity index is 2.41. The van der Waals surface area contributed by atoms with Crippen molar-refractivity contribution in [2.24, 2.45) is 0 Å². The van der Waals surface area contributed by atoms with E-state index in [0.29, 0.717) is 5.75 Å². The van der Waals surface area contributed by atoms with Crippen LogP contribution in [-0.2, 0) is 10.1 Å². The third kappa shape index (κ3) is 3.36. The summed E-state index contributed by atoms with van der Waals surface area (Å²) in [5.41, 5.74) is 0. The fourth-order valence-corrected chi connectivity index (χ4v) is 3.20. The van der Waals surface area contributed by atoms with Crippen LogP contribution in [-0.4, -0.2) is 15.5 Å². The molecule has 20 heavy (non-hydrogen) atoms. The van der Waals surface area contributed by atoms with E-state index < -0.39 is 10.1 Å². The first-order valence-electron chi connectivity index (χ1n) is 5.46. The number of para-hydroxylation sites is 2. The monoisotopic (exact) mass is 332 g/mol. The highest BCUT2D eigenvalue weighted by Crippen LogP contribution is 2.30. The van der Waals surface area contributed by atoms with Crippen molar-refractivity contribution >= 4 is 33.3 Å². The molecule has 0 heterocycles. The van der Waals surface area contributed by atoms with Gasteiger partial charge < -0.3 is 8.92 Å². The topological polar surface area (TPSA) is 52.6 Å². The molecule has 2 aromatic carbocycles. The summed E-state index contributed by atoms with van der Waals surface area (Å²) in [6.07, 6.45) is 0. The standard InChI is InChI=1S/C13H10Cl2O4S/c1-18-12-4-2-3-5-13(12)19-20(16,17)11-7-9(14)6-10(15)8-11/h2-8H,1H3. The van der Waals surface area contributed by atoms with E-state index in [2.05, 4.69) is 0 Å². The number of hydrogen-bond acceptors (Lipinski definition) is 4. The van der Waals surface area contributed by atoms with Gasteiger partial charge in [-0.05, 0) is 30.3 Å². The van der Waals surface area contributed by atoms with Gasteiger partial charge in [-0.15, -0.1) is 0 Å². The van der Waals surface area contributed by atoms with Crippen LogP contribution in [0.2, 0.25) is 10.0 Å². The van der Waals surface area contributed by atoms with Crippen molar-refractivity contribution in [3.63, 3.8) is 0 Å². The quantitative estimate of drug-likeness (QED) is 0.799. The average molecular weight is 333 g/mol. The first-order chi connectivity index (χ1) is 9.42. The first kappa shape index (κ1) is 15.0. The van der Waals surface area contributed by atoms with Gasteiger partial charge in [-0.1, -0.05) is 35.3 Å². The predicted octanol–water partition coefficient (Wildman–Crippen LogP) is 3.77. The summed E-state index contributed by atoms with van der Waals surface area (Å²) in [4.78, 5) is -0.124. The average Bonchev–Trinajstić information content (AvgIpc) is 2.38. The van der Waals surface area contributed by atoms with Crippen molar-refractivity contribution in [1.29, 1.82) is 0 Å². The largest absolute Gasteiger partial charge is 0.493 e. The Morgan fingerprint density at radius 3 is 2.05 bits per heavy atom. The molecule has 0 aliphatic heterocycles. The van der Waals surface area contributed by atoms with Crippen LogP contribution in [0, 0.1) is 0 Å². The molecule has 0 N–H and O–H groups in total. The molecular weight excluding hydrogens is 323 g/mol. The van der Waals surface area contributed by atoms with E-state index in [0.717, 1.165) is 0 Å². The molecule has 2 aromatic rings. The minimum atomic E-state index is -4.04. The second kappa shape index (κ2) is 5.91. The SMILES string of the molecule is COc1ccccc1OS(=O)(=O)c1cc(Cl)cc(Cl)c1. The second-order valence-electron chi connectivity index (χ2n) is 3.79. The van der Waals surface area contributed by atoms with Crippen LogP contribution >= 0.6 is 23.2 Å². The first-order valence-corrected chi connectivity index (χ1v) is 7.62. The van der Waals surface area contributed by atoms with Gasteiger partial charge in [0.25, 0.3) is 0 Å². The Labute approximate surface area is 127 Å². The van der Waals surface area contributed by atoms with Crippen molar-refractivity contribution in [2.75, 3.05) is 7.11 Å². The molecule has 0 aromatic heterocycles. The minimum absolute atomic E-state index is 0.0890. The lowest BCUT2D eigenvalue weighted by Crippen LogP contribution is -2.10. The van der Waals surface area contributed by atoms with E-state index in [4.69, 9.17) is 32.1 Å². The van der Waals surface area contributed by atoms with Crippen molar-refractivity contribution in [1.82, 2.24) is 0 Å². The summed E-state index contributed by atoms with van der Waals surface area (Å²) in [5.74, 6) is 0.398. The summed E-state index contributed by atoms with van der Waals surface area (Å²) >= 11 is 11.6. The fraction of sp³-hybridized carbons (Fsp3) is 0.0769. The number of hydrogen-bond donors (Lipinski definition) is 0. The normalized spacial score (nSPS) is 11.2. The van der Waals surface area contributed by atoms with Crippen molar-refractivity contribution in [2.45, 2.75) is 4.90 Å². The second-order valence-corrected chi connectivity index (χ2v) is 6.21. The highest BCUT2D eigenvalue weighted by molar-refractivity contribution is 7.87. The molecule has 0 aliphatic carbocycles. The highest BCUT2D eigenvalue weighted by Gasteiger charge is 2.20. The molecule has 7 heteroatoms. The van der Waals surface area contributed by atoms with E-state index in [-0.39, 0.29) is 20.7 Å². The summed E-state index contributed by atoms with van der Waals surface area (Å²) in [7, 11) is -2.62. The van der Waals surface area contributed by atoms with Gasteiger partial charge in [-0.25, -0.2) is 0 Å². The van der Waals surface area contributed by atoms with Crippen molar-refractivity contribution in [3.8, 4) is 11.5 Å². The molecule has 0 spiro atoms. The van der Waals surface area contributed by atoms with Crippen LogP contribution in [0.3, 0.4) is 0 Å². The van der Waals surface area contributed by atoms with Gasteiger partial charge >= 0.3 is 10.1 Å². The molecule has 0 saturated carbocycles. The van der Waals surface area contributed by atoms with Crippen LogP contribution in [0.5, 0.6) is 11.5 Å². The number of ether oxygens (including phenoxy) is 1. The zero-order valence-electron chi connectivity index (χ0n) is 10.3. The summed E-state index contributed by atoms with van der Waals surface area (Å²) in [5, 5.41) is 0.416. The van der Waals surface area contributed by atoms with Gasteiger partial charge in [0.2, 0.25) is 0 Å². The lowest BCUT2D eigenvalue weighted by molar-refractivity contribution is 0.390. The van der Waals surface area contributed by atoms with Gasteiger partial charge in [-0.3, -0.25) is 0 Å².